The highest BCUT2D eigenvalue weighted by Gasteiger charge is 2.46. The van der Waals surface area contributed by atoms with Crippen LogP contribution in [0.4, 0.5) is 0 Å². The monoisotopic (exact) mass is 444 g/mol. The molecule has 31 heavy (non-hydrogen) atoms. The number of aromatic hydroxyl groups is 1. The first-order valence-corrected chi connectivity index (χ1v) is 9.72. The van der Waals surface area contributed by atoms with Gasteiger partial charge < -0.3 is 54.7 Å². The van der Waals surface area contributed by atoms with Gasteiger partial charge in [0.05, 0.1) is 13.2 Å². The molecule has 174 valence electrons. The van der Waals surface area contributed by atoms with Crippen LogP contribution < -0.4 is 4.74 Å². The summed E-state index contributed by atoms with van der Waals surface area (Å²) in [5.74, 6) is 0.0397. The molecule has 11 heteroatoms. The van der Waals surface area contributed by atoms with Gasteiger partial charge in [0, 0.05) is 11.6 Å². The van der Waals surface area contributed by atoms with Crippen LogP contribution in [-0.4, -0.2) is 104 Å². The Morgan fingerprint density at radius 1 is 1.00 bits per heavy atom. The molecule has 0 aromatic heterocycles. The van der Waals surface area contributed by atoms with Gasteiger partial charge in [-0.1, -0.05) is 6.58 Å². The van der Waals surface area contributed by atoms with Gasteiger partial charge in [0.2, 0.25) is 6.29 Å². The quantitative estimate of drug-likeness (QED) is 0.260. The maximum absolute atomic E-state index is 10.3. The second-order valence-electron chi connectivity index (χ2n) is 7.68. The van der Waals surface area contributed by atoms with Crippen LogP contribution in [0.15, 0.2) is 24.8 Å². The highest BCUT2D eigenvalue weighted by Crippen LogP contribution is 2.32. The molecule has 9 atom stereocenters. The number of aliphatic hydroxyl groups is 6. The molecular weight excluding hydrogens is 416 g/mol. The van der Waals surface area contributed by atoms with Crippen LogP contribution >= 0.6 is 0 Å². The van der Waals surface area contributed by atoms with Crippen LogP contribution in [0.25, 0.3) is 5.57 Å². The lowest BCUT2D eigenvalue weighted by Crippen LogP contribution is -2.61. The van der Waals surface area contributed by atoms with Crippen LogP contribution in [0.1, 0.15) is 12.5 Å². The predicted molar refractivity (Wildman–Crippen MR) is 104 cm³/mol. The van der Waals surface area contributed by atoms with Gasteiger partial charge in [0.25, 0.3) is 0 Å². The number of rotatable bonds is 6. The van der Waals surface area contributed by atoms with Crippen molar-refractivity contribution in [2.45, 2.75) is 62.2 Å². The third-order valence-corrected chi connectivity index (χ3v) is 5.22. The number of hydrogen-bond donors (Lipinski definition) is 7. The summed E-state index contributed by atoms with van der Waals surface area (Å²) in [7, 11) is 0. The Morgan fingerprint density at radius 3 is 2.35 bits per heavy atom. The van der Waals surface area contributed by atoms with Crippen molar-refractivity contribution in [3.05, 3.63) is 30.3 Å². The van der Waals surface area contributed by atoms with Gasteiger partial charge >= 0.3 is 0 Å². The number of hydrogen-bond acceptors (Lipinski definition) is 11. The number of ether oxygens (including phenoxy) is 4. The average Bonchev–Trinajstić information content (AvgIpc) is 2.72. The predicted octanol–water partition coefficient (Wildman–Crippen LogP) is -1.93. The van der Waals surface area contributed by atoms with Crippen molar-refractivity contribution in [1.29, 1.82) is 0 Å². The normalized spacial score (nSPS) is 38.6. The highest BCUT2D eigenvalue weighted by atomic mass is 16.7. The Kier molecular flexibility index (Phi) is 7.52. The van der Waals surface area contributed by atoms with Crippen molar-refractivity contribution < 1.29 is 54.7 Å². The van der Waals surface area contributed by atoms with E-state index in [1.807, 2.05) is 0 Å². The van der Waals surface area contributed by atoms with Gasteiger partial charge in [0.15, 0.2) is 6.29 Å². The van der Waals surface area contributed by atoms with Crippen molar-refractivity contribution in [3.8, 4) is 11.5 Å². The molecule has 2 fully saturated rings. The summed E-state index contributed by atoms with van der Waals surface area (Å²) < 4.78 is 21.7. The van der Waals surface area contributed by atoms with E-state index < -0.39 is 61.9 Å². The third-order valence-electron chi connectivity index (χ3n) is 5.22. The molecule has 2 aliphatic heterocycles. The Hall–Kier alpha value is -1.80. The standard InChI is InChI=1S/C20H28O11/c1-8(2)10-4-3-9(21)5-12(10)30-20-18(27)16(25)15(24)13(31-20)7-29-19-17(26)14(23)11(22)6-28-19/h3-5,11,13-27H,1,6-7H2,2H3/t11-,13-,14+,15+,16-,17-,18+,19+,20+/m0/s1. The zero-order chi connectivity index (χ0) is 22.9. The summed E-state index contributed by atoms with van der Waals surface area (Å²) >= 11 is 0. The van der Waals surface area contributed by atoms with E-state index >= 15 is 0 Å². The van der Waals surface area contributed by atoms with E-state index in [9.17, 15) is 35.7 Å². The summed E-state index contributed by atoms with van der Waals surface area (Å²) in [4.78, 5) is 0. The molecule has 0 radical (unpaired) electrons. The fraction of sp³-hybridized carbons (Fsp3) is 0.600. The second kappa shape index (κ2) is 9.77. The molecule has 2 aliphatic rings. The van der Waals surface area contributed by atoms with E-state index in [0.717, 1.165) is 0 Å². The lowest BCUT2D eigenvalue weighted by atomic mass is 9.99. The van der Waals surface area contributed by atoms with E-state index in [0.29, 0.717) is 11.1 Å². The van der Waals surface area contributed by atoms with E-state index in [-0.39, 0.29) is 18.1 Å². The summed E-state index contributed by atoms with van der Waals surface area (Å²) in [5.41, 5.74) is 1.15. The maximum Gasteiger partial charge on any atom is 0.229 e. The van der Waals surface area contributed by atoms with Crippen LogP contribution in [-0.2, 0) is 14.2 Å². The second-order valence-corrected chi connectivity index (χ2v) is 7.68. The summed E-state index contributed by atoms with van der Waals surface area (Å²) in [6, 6.07) is 4.29. The van der Waals surface area contributed by atoms with Gasteiger partial charge in [-0.25, -0.2) is 0 Å². The van der Waals surface area contributed by atoms with Crippen LogP contribution in [0.5, 0.6) is 11.5 Å². The van der Waals surface area contributed by atoms with Crippen molar-refractivity contribution in [1.82, 2.24) is 0 Å². The first-order chi connectivity index (χ1) is 14.6. The smallest absolute Gasteiger partial charge is 0.229 e. The molecule has 0 spiro atoms. The van der Waals surface area contributed by atoms with E-state index in [2.05, 4.69) is 6.58 Å². The molecule has 2 heterocycles. The van der Waals surface area contributed by atoms with Gasteiger partial charge in [-0.15, -0.1) is 0 Å². The van der Waals surface area contributed by atoms with Crippen LogP contribution in [0.2, 0.25) is 0 Å². The number of allylic oxidation sites excluding steroid dienone is 1. The molecule has 0 unspecified atom stereocenters. The molecular formula is C20H28O11. The SMILES string of the molecule is C=C(C)c1ccc(O)cc1O[C@@H]1O[C@@H](CO[C@H]2OC[C@H](O)[C@@H](O)[C@@H]2O)[C@@H](O)[C@H](O)[C@H]1O. The average molecular weight is 444 g/mol. The highest BCUT2D eigenvalue weighted by molar-refractivity contribution is 5.68. The third kappa shape index (κ3) is 5.17. The van der Waals surface area contributed by atoms with Crippen molar-refractivity contribution in [3.63, 3.8) is 0 Å². The first kappa shape index (κ1) is 23.9. The van der Waals surface area contributed by atoms with Gasteiger partial charge in [-0.2, -0.15) is 0 Å². The molecule has 3 rings (SSSR count). The first-order valence-electron chi connectivity index (χ1n) is 9.72. The number of phenolic OH excluding ortho intramolecular Hbond substituents is 1. The lowest BCUT2D eigenvalue weighted by Gasteiger charge is -2.41. The Bertz CT molecular complexity index is 771. The summed E-state index contributed by atoms with van der Waals surface area (Å²) in [6.45, 7) is 4.86. The zero-order valence-corrected chi connectivity index (χ0v) is 16.8. The topological polar surface area (TPSA) is 179 Å². The maximum atomic E-state index is 10.3. The molecule has 0 amide bonds. The van der Waals surface area contributed by atoms with Crippen LogP contribution in [0.3, 0.4) is 0 Å². The van der Waals surface area contributed by atoms with E-state index in [1.54, 1.807) is 13.0 Å². The molecule has 7 N–H and O–H groups in total. The molecule has 0 bridgehead atoms. The molecule has 1 aromatic carbocycles. The number of aliphatic hydroxyl groups excluding tert-OH is 6. The Balaban J connectivity index is 1.70. The summed E-state index contributed by atoms with van der Waals surface area (Å²) in [5, 5.41) is 69.7. The molecule has 0 saturated carbocycles. The fourth-order valence-corrected chi connectivity index (χ4v) is 3.35. The Labute approximate surface area is 178 Å². The van der Waals surface area contributed by atoms with E-state index in [4.69, 9.17) is 18.9 Å². The van der Waals surface area contributed by atoms with Crippen LogP contribution in [0, 0.1) is 0 Å². The van der Waals surface area contributed by atoms with E-state index in [1.165, 1.54) is 12.1 Å². The minimum Gasteiger partial charge on any atom is -0.508 e. The minimum absolute atomic E-state index is 0.102. The summed E-state index contributed by atoms with van der Waals surface area (Å²) in [6.07, 6.45) is -13.1. The molecule has 1 aromatic rings. The molecule has 2 saturated heterocycles. The Morgan fingerprint density at radius 2 is 1.68 bits per heavy atom. The van der Waals surface area contributed by atoms with Crippen molar-refractivity contribution in [2.75, 3.05) is 13.2 Å². The van der Waals surface area contributed by atoms with Crippen molar-refractivity contribution >= 4 is 5.57 Å². The number of benzene rings is 1. The molecule has 0 aliphatic carbocycles. The minimum atomic E-state index is -1.65. The van der Waals surface area contributed by atoms with Gasteiger partial charge in [0.1, 0.15) is 54.2 Å². The largest absolute Gasteiger partial charge is 0.508 e. The van der Waals surface area contributed by atoms with Gasteiger partial charge in [-0.3, -0.25) is 0 Å². The van der Waals surface area contributed by atoms with Crippen molar-refractivity contribution in [2.24, 2.45) is 0 Å². The lowest BCUT2D eigenvalue weighted by molar-refractivity contribution is -0.307. The zero-order valence-electron chi connectivity index (χ0n) is 16.8. The fourth-order valence-electron chi connectivity index (χ4n) is 3.35. The molecule has 11 nitrogen and oxygen atoms in total. The van der Waals surface area contributed by atoms with Gasteiger partial charge in [-0.05, 0) is 24.6 Å². The number of phenols is 1.